The number of aryl methyl sites for hydroxylation is 1. The first kappa shape index (κ1) is 13.8. The minimum atomic E-state index is -1.45. The number of fused-ring (bicyclic) bond motifs is 1. The summed E-state index contributed by atoms with van der Waals surface area (Å²) in [5.41, 5.74) is 3.83. The molecule has 0 atom stereocenters. The quantitative estimate of drug-likeness (QED) is 0.558. The van der Waals surface area contributed by atoms with Crippen molar-refractivity contribution in [2.24, 2.45) is 0 Å². The Labute approximate surface area is 124 Å². The maximum absolute atomic E-state index is 9.49. The fourth-order valence-corrected chi connectivity index (χ4v) is 2.68. The van der Waals surface area contributed by atoms with Crippen molar-refractivity contribution in [2.45, 2.75) is 13.5 Å². The zero-order valence-corrected chi connectivity index (χ0v) is 11.9. The molecule has 0 amide bonds. The maximum Gasteiger partial charge on any atom is 0.488 e. The van der Waals surface area contributed by atoms with Gasteiger partial charge in [-0.1, -0.05) is 36.4 Å². The van der Waals surface area contributed by atoms with Crippen molar-refractivity contribution >= 4 is 23.5 Å². The molecular weight excluding hydrogens is 261 g/mol. The lowest BCUT2D eigenvalue weighted by molar-refractivity contribution is -0.662. The minimum Gasteiger partial charge on any atom is -0.423 e. The fraction of sp³-hybridized carbons (Fsp3) is 0.118. The van der Waals surface area contributed by atoms with Gasteiger partial charge in [-0.3, -0.25) is 0 Å². The Morgan fingerprint density at radius 2 is 1.67 bits per heavy atom. The average Bonchev–Trinajstić information content (AvgIpc) is 2.51. The van der Waals surface area contributed by atoms with Crippen LogP contribution in [0.15, 0.2) is 60.8 Å². The van der Waals surface area contributed by atoms with Gasteiger partial charge < -0.3 is 10.0 Å². The van der Waals surface area contributed by atoms with Crippen LogP contribution in [0.4, 0.5) is 0 Å². The number of benzene rings is 2. The lowest BCUT2D eigenvalue weighted by atomic mass is 9.77. The average molecular weight is 278 g/mol. The van der Waals surface area contributed by atoms with Gasteiger partial charge in [0.05, 0.1) is 0 Å². The topological polar surface area (TPSA) is 44.3 Å². The number of aromatic nitrogens is 1. The first-order valence-electron chi connectivity index (χ1n) is 6.98. The summed E-state index contributed by atoms with van der Waals surface area (Å²) in [6.45, 7) is 2.70. The molecule has 0 bridgehead atoms. The van der Waals surface area contributed by atoms with Gasteiger partial charge in [-0.25, -0.2) is 0 Å². The maximum atomic E-state index is 9.49. The van der Waals surface area contributed by atoms with Crippen molar-refractivity contribution in [1.82, 2.24) is 0 Å². The van der Waals surface area contributed by atoms with Crippen LogP contribution in [0.1, 0.15) is 11.1 Å². The Balaban J connectivity index is 2.09. The number of hydrogen-bond donors (Lipinski definition) is 2. The van der Waals surface area contributed by atoms with Crippen LogP contribution in [-0.2, 0) is 6.54 Å². The van der Waals surface area contributed by atoms with E-state index in [4.69, 9.17) is 0 Å². The smallest absolute Gasteiger partial charge is 0.423 e. The first-order valence-corrected chi connectivity index (χ1v) is 6.98. The highest BCUT2D eigenvalue weighted by atomic mass is 16.4. The van der Waals surface area contributed by atoms with E-state index in [-0.39, 0.29) is 0 Å². The van der Waals surface area contributed by atoms with Crippen LogP contribution in [0.2, 0.25) is 0 Å². The minimum absolute atomic E-state index is 0.551. The van der Waals surface area contributed by atoms with Gasteiger partial charge in [-0.05, 0) is 24.0 Å². The Bertz CT molecular complexity index is 787. The zero-order valence-electron chi connectivity index (χ0n) is 11.9. The monoisotopic (exact) mass is 278 g/mol. The van der Waals surface area contributed by atoms with Crippen molar-refractivity contribution in [3.05, 3.63) is 71.9 Å². The molecule has 0 spiro atoms. The van der Waals surface area contributed by atoms with Gasteiger partial charge in [0.2, 0.25) is 5.52 Å². The van der Waals surface area contributed by atoms with Crippen molar-refractivity contribution in [1.29, 1.82) is 0 Å². The summed E-state index contributed by atoms with van der Waals surface area (Å²) in [4.78, 5) is 0. The SMILES string of the molecule is Cc1cc[n+](Cc2ccccc2B(O)O)c2ccccc12. The number of nitrogens with zero attached hydrogens (tertiary/aromatic N) is 1. The second-order valence-corrected chi connectivity index (χ2v) is 5.22. The zero-order chi connectivity index (χ0) is 14.8. The van der Waals surface area contributed by atoms with E-state index in [1.807, 2.05) is 36.5 Å². The highest BCUT2D eigenvalue weighted by Crippen LogP contribution is 2.14. The first-order chi connectivity index (χ1) is 10.2. The summed E-state index contributed by atoms with van der Waals surface area (Å²) in [6, 6.07) is 17.7. The Morgan fingerprint density at radius 3 is 2.48 bits per heavy atom. The summed E-state index contributed by atoms with van der Waals surface area (Å²) in [5.74, 6) is 0. The van der Waals surface area contributed by atoms with E-state index in [1.54, 1.807) is 6.07 Å². The third-order valence-corrected chi connectivity index (χ3v) is 3.82. The van der Waals surface area contributed by atoms with Crippen LogP contribution in [0.5, 0.6) is 0 Å². The van der Waals surface area contributed by atoms with Crippen molar-refractivity contribution in [3.8, 4) is 0 Å². The molecule has 1 heterocycles. The van der Waals surface area contributed by atoms with E-state index < -0.39 is 7.12 Å². The van der Waals surface area contributed by atoms with Gasteiger partial charge >= 0.3 is 7.12 Å². The van der Waals surface area contributed by atoms with E-state index in [0.29, 0.717) is 12.0 Å². The van der Waals surface area contributed by atoms with E-state index >= 15 is 0 Å². The third kappa shape index (κ3) is 2.68. The Morgan fingerprint density at radius 1 is 0.952 bits per heavy atom. The molecule has 2 N–H and O–H groups in total. The molecule has 2 aromatic carbocycles. The summed E-state index contributed by atoms with van der Waals surface area (Å²) in [5, 5.41) is 20.2. The highest BCUT2D eigenvalue weighted by Gasteiger charge is 2.19. The molecular formula is C17H17BNO2+. The molecule has 0 aliphatic heterocycles. The van der Waals surface area contributed by atoms with Crippen LogP contribution in [-0.4, -0.2) is 17.2 Å². The molecule has 3 rings (SSSR count). The van der Waals surface area contributed by atoms with E-state index in [2.05, 4.69) is 29.7 Å². The predicted octanol–water partition coefficient (Wildman–Crippen LogP) is 1.16. The fourth-order valence-electron chi connectivity index (χ4n) is 2.68. The largest absolute Gasteiger partial charge is 0.488 e. The van der Waals surface area contributed by atoms with Gasteiger partial charge in [0.25, 0.3) is 0 Å². The van der Waals surface area contributed by atoms with Gasteiger partial charge in [0, 0.05) is 23.1 Å². The molecule has 0 saturated heterocycles. The summed E-state index contributed by atoms with van der Waals surface area (Å²) >= 11 is 0. The second kappa shape index (κ2) is 5.68. The van der Waals surface area contributed by atoms with Gasteiger partial charge in [-0.15, -0.1) is 0 Å². The molecule has 4 heteroatoms. The number of rotatable bonds is 3. The Hall–Kier alpha value is -2.17. The standard InChI is InChI=1S/C17H17BNO2/c1-13-10-11-19(17-9-5-3-7-15(13)17)12-14-6-2-4-8-16(14)18(20)21/h2-11,20-21H,12H2,1H3/q+1. The molecule has 3 aromatic rings. The molecule has 0 aliphatic rings. The molecule has 0 fully saturated rings. The number of pyridine rings is 1. The lowest BCUT2D eigenvalue weighted by Gasteiger charge is -2.08. The highest BCUT2D eigenvalue weighted by molar-refractivity contribution is 6.59. The molecule has 0 radical (unpaired) electrons. The van der Waals surface area contributed by atoms with Crippen LogP contribution in [0, 0.1) is 6.92 Å². The normalized spacial score (nSPS) is 10.8. The molecule has 0 saturated carbocycles. The van der Waals surface area contributed by atoms with Crippen LogP contribution < -0.4 is 10.0 Å². The molecule has 21 heavy (non-hydrogen) atoms. The van der Waals surface area contributed by atoms with Crippen molar-refractivity contribution < 1.29 is 14.6 Å². The molecule has 3 nitrogen and oxygen atoms in total. The summed E-state index contributed by atoms with van der Waals surface area (Å²) < 4.78 is 2.13. The van der Waals surface area contributed by atoms with Gasteiger partial charge in [-0.2, -0.15) is 4.57 Å². The van der Waals surface area contributed by atoms with Gasteiger partial charge in [0.15, 0.2) is 12.7 Å². The van der Waals surface area contributed by atoms with Crippen molar-refractivity contribution in [2.75, 3.05) is 0 Å². The third-order valence-electron chi connectivity index (χ3n) is 3.82. The second-order valence-electron chi connectivity index (χ2n) is 5.22. The van der Waals surface area contributed by atoms with E-state index in [1.165, 1.54) is 10.9 Å². The molecule has 1 aromatic heterocycles. The predicted molar refractivity (Wildman–Crippen MR) is 84.2 cm³/mol. The van der Waals surface area contributed by atoms with E-state index in [9.17, 15) is 10.0 Å². The molecule has 104 valence electrons. The lowest BCUT2D eigenvalue weighted by Crippen LogP contribution is -2.41. The van der Waals surface area contributed by atoms with Crippen LogP contribution in [0.3, 0.4) is 0 Å². The Kier molecular flexibility index (Phi) is 3.73. The van der Waals surface area contributed by atoms with Gasteiger partial charge in [0.1, 0.15) is 0 Å². The summed E-state index contributed by atoms with van der Waals surface area (Å²) in [7, 11) is -1.45. The van der Waals surface area contributed by atoms with Crippen molar-refractivity contribution in [3.63, 3.8) is 0 Å². The molecule has 0 aliphatic carbocycles. The summed E-state index contributed by atoms with van der Waals surface area (Å²) in [6.07, 6.45) is 2.04. The van der Waals surface area contributed by atoms with E-state index in [0.717, 1.165) is 11.1 Å². The number of hydrogen-bond acceptors (Lipinski definition) is 2. The number of para-hydroxylation sites is 1. The van der Waals surface area contributed by atoms with Crippen LogP contribution in [0.25, 0.3) is 10.9 Å². The molecule has 0 unspecified atom stereocenters. The van der Waals surface area contributed by atoms with Crippen LogP contribution >= 0.6 is 0 Å².